The maximum absolute atomic E-state index is 9.71. The van der Waals surface area contributed by atoms with Gasteiger partial charge in [-0.2, -0.15) is 0 Å². The third kappa shape index (κ3) is 6.52. The van der Waals surface area contributed by atoms with Crippen LogP contribution < -0.4 is 5.32 Å². The number of rotatable bonds is 6. The van der Waals surface area contributed by atoms with Crippen LogP contribution in [0, 0.1) is 0 Å². The Bertz CT molecular complexity index is 335. The lowest BCUT2D eigenvalue weighted by Gasteiger charge is -2.22. The van der Waals surface area contributed by atoms with Gasteiger partial charge >= 0.3 is 0 Å². The molecule has 0 aliphatic carbocycles. The lowest BCUT2D eigenvalue weighted by molar-refractivity contribution is -0.0479. The van der Waals surface area contributed by atoms with E-state index in [0.717, 1.165) is 11.0 Å². The Hall–Kier alpha value is 0.0600. The summed E-state index contributed by atoms with van der Waals surface area (Å²) in [4.78, 5) is 1.24. The molecule has 1 aromatic heterocycles. The van der Waals surface area contributed by atoms with Crippen molar-refractivity contribution >= 4 is 27.3 Å². The highest BCUT2D eigenvalue weighted by Crippen LogP contribution is 2.22. The molecule has 1 unspecified atom stereocenters. The summed E-state index contributed by atoms with van der Waals surface area (Å²) in [7, 11) is 0. The fraction of sp³-hybridized carbons (Fsp3) is 0.667. The van der Waals surface area contributed by atoms with E-state index in [1.807, 2.05) is 32.2 Å². The number of aliphatic hydroxyl groups excluding tert-OH is 1. The molecular weight excluding hydrogens is 302 g/mol. The van der Waals surface area contributed by atoms with E-state index in [1.54, 1.807) is 11.3 Å². The molecule has 0 aliphatic rings. The Balaban J connectivity index is 2.16. The molecule has 5 heteroatoms. The average molecular weight is 322 g/mol. The molecule has 0 bridgehead atoms. The maximum Gasteiger partial charge on any atom is 0.0898 e. The molecule has 0 aromatic carbocycles. The number of halogens is 1. The Morgan fingerprint density at radius 3 is 2.76 bits per heavy atom. The summed E-state index contributed by atoms with van der Waals surface area (Å²) in [5, 5.41) is 15.0. The lowest BCUT2D eigenvalue weighted by atomic mass is 10.2. The standard InChI is InChI=1S/C12H20BrNO2S/c1-12(2,3)16-8-9(15)6-14-7-11-10(13)4-5-17-11/h4-5,9,14-15H,6-8H2,1-3H3. The second kappa shape index (κ2) is 6.85. The Kier molecular flexibility index (Phi) is 6.09. The number of ether oxygens (including phenoxy) is 1. The predicted octanol–water partition coefficient (Wildman–Crippen LogP) is 2.78. The van der Waals surface area contributed by atoms with E-state index in [2.05, 4.69) is 21.2 Å². The van der Waals surface area contributed by atoms with Crippen LogP contribution in [-0.4, -0.2) is 30.0 Å². The number of hydrogen-bond donors (Lipinski definition) is 2. The molecule has 0 radical (unpaired) electrons. The quantitative estimate of drug-likeness (QED) is 0.846. The van der Waals surface area contributed by atoms with E-state index in [9.17, 15) is 5.11 Å². The first-order valence-electron chi connectivity index (χ1n) is 5.63. The largest absolute Gasteiger partial charge is 0.389 e. The van der Waals surface area contributed by atoms with Crippen molar-refractivity contribution < 1.29 is 9.84 Å². The zero-order chi connectivity index (χ0) is 12.9. The van der Waals surface area contributed by atoms with E-state index in [4.69, 9.17) is 4.74 Å². The normalized spacial score (nSPS) is 13.9. The van der Waals surface area contributed by atoms with Gasteiger partial charge in [0.15, 0.2) is 0 Å². The summed E-state index contributed by atoms with van der Waals surface area (Å²) in [6.07, 6.45) is -0.465. The number of hydrogen-bond acceptors (Lipinski definition) is 4. The van der Waals surface area contributed by atoms with Gasteiger partial charge in [0, 0.05) is 22.4 Å². The van der Waals surface area contributed by atoms with Crippen molar-refractivity contribution in [2.24, 2.45) is 0 Å². The van der Waals surface area contributed by atoms with Gasteiger partial charge in [-0.05, 0) is 48.1 Å². The van der Waals surface area contributed by atoms with Crippen LogP contribution in [0.3, 0.4) is 0 Å². The van der Waals surface area contributed by atoms with E-state index in [0.29, 0.717) is 13.2 Å². The van der Waals surface area contributed by atoms with Gasteiger partial charge in [-0.3, -0.25) is 0 Å². The average Bonchev–Trinajstić information content (AvgIpc) is 2.61. The van der Waals surface area contributed by atoms with Crippen molar-refractivity contribution in [3.63, 3.8) is 0 Å². The molecule has 0 spiro atoms. The van der Waals surface area contributed by atoms with Crippen molar-refractivity contribution in [3.05, 3.63) is 20.8 Å². The van der Waals surface area contributed by atoms with Crippen LogP contribution in [0.25, 0.3) is 0 Å². The predicted molar refractivity (Wildman–Crippen MR) is 75.4 cm³/mol. The second-order valence-electron chi connectivity index (χ2n) is 4.90. The van der Waals surface area contributed by atoms with Gasteiger partial charge in [-0.15, -0.1) is 11.3 Å². The molecule has 1 rings (SSSR count). The smallest absolute Gasteiger partial charge is 0.0898 e. The van der Waals surface area contributed by atoms with E-state index >= 15 is 0 Å². The summed E-state index contributed by atoms with van der Waals surface area (Å²) in [6.45, 7) is 7.62. The van der Waals surface area contributed by atoms with Crippen LogP contribution in [0.5, 0.6) is 0 Å². The van der Waals surface area contributed by atoms with Gasteiger partial charge in [-0.25, -0.2) is 0 Å². The molecule has 0 fully saturated rings. The van der Waals surface area contributed by atoms with Crippen molar-refractivity contribution in [3.8, 4) is 0 Å². The molecule has 17 heavy (non-hydrogen) atoms. The number of thiophene rings is 1. The van der Waals surface area contributed by atoms with Gasteiger partial charge in [0.2, 0.25) is 0 Å². The van der Waals surface area contributed by atoms with Gasteiger partial charge in [0.05, 0.1) is 18.3 Å². The zero-order valence-corrected chi connectivity index (χ0v) is 12.9. The van der Waals surface area contributed by atoms with Gasteiger partial charge in [0.25, 0.3) is 0 Å². The third-order valence-electron chi connectivity index (χ3n) is 2.07. The molecule has 0 saturated heterocycles. The van der Waals surface area contributed by atoms with Gasteiger partial charge in [0.1, 0.15) is 0 Å². The molecule has 0 saturated carbocycles. The molecule has 98 valence electrons. The summed E-state index contributed by atoms with van der Waals surface area (Å²) < 4.78 is 6.63. The topological polar surface area (TPSA) is 41.5 Å². The molecule has 1 atom stereocenters. The number of nitrogens with one attached hydrogen (secondary N) is 1. The summed E-state index contributed by atoms with van der Waals surface area (Å²) in [5.41, 5.74) is -0.197. The van der Waals surface area contributed by atoms with E-state index in [1.165, 1.54) is 4.88 Å². The first kappa shape index (κ1) is 15.1. The van der Waals surface area contributed by atoms with Crippen molar-refractivity contribution in [2.45, 2.75) is 39.0 Å². The minimum Gasteiger partial charge on any atom is -0.389 e. The summed E-state index contributed by atoms with van der Waals surface area (Å²) in [6, 6.07) is 2.03. The minimum absolute atomic E-state index is 0.197. The first-order valence-corrected chi connectivity index (χ1v) is 7.30. The monoisotopic (exact) mass is 321 g/mol. The molecule has 0 amide bonds. The second-order valence-corrected chi connectivity index (χ2v) is 6.75. The third-order valence-corrected chi connectivity index (χ3v) is 3.99. The van der Waals surface area contributed by atoms with Crippen molar-refractivity contribution in [2.75, 3.05) is 13.2 Å². The van der Waals surface area contributed by atoms with Crippen LogP contribution in [-0.2, 0) is 11.3 Å². The van der Waals surface area contributed by atoms with Crippen LogP contribution >= 0.6 is 27.3 Å². The molecule has 2 N–H and O–H groups in total. The molecular formula is C12H20BrNO2S. The zero-order valence-electron chi connectivity index (χ0n) is 10.5. The van der Waals surface area contributed by atoms with Crippen LogP contribution in [0.2, 0.25) is 0 Å². The SMILES string of the molecule is CC(C)(C)OCC(O)CNCc1sccc1Br. The van der Waals surface area contributed by atoms with Crippen LogP contribution in [0.15, 0.2) is 15.9 Å². The van der Waals surface area contributed by atoms with Crippen molar-refractivity contribution in [1.82, 2.24) is 5.32 Å². The van der Waals surface area contributed by atoms with Gasteiger partial charge in [-0.1, -0.05) is 0 Å². The highest BCUT2D eigenvalue weighted by atomic mass is 79.9. The fourth-order valence-electron chi connectivity index (χ4n) is 1.21. The van der Waals surface area contributed by atoms with E-state index in [-0.39, 0.29) is 5.60 Å². The molecule has 0 aliphatic heterocycles. The van der Waals surface area contributed by atoms with Crippen molar-refractivity contribution in [1.29, 1.82) is 0 Å². The molecule has 1 aromatic rings. The summed E-state index contributed by atoms with van der Waals surface area (Å²) >= 11 is 5.17. The Morgan fingerprint density at radius 2 is 2.24 bits per heavy atom. The molecule has 3 nitrogen and oxygen atoms in total. The Morgan fingerprint density at radius 1 is 1.53 bits per heavy atom. The number of aliphatic hydroxyl groups is 1. The van der Waals surface area contributed by atoms with Gasteiger partial charge < -0.3 is 15.2 Å². The highest BCUT2D eigenvalue weighted by molar-refractivity contribution is 9.10. The lowest BCUT2D eigenvalue weighted by Crippen LogP contribution is -2.33. The highest BCUT2D eigenvalue weighted by Gasteiger charge is 2.13. The van der Waals surface area contributed by atoms with E-state index < -0.39 is 6.10 Å². The summed E-state index contributed by atoms with van der Waals surface area (Å²) in [5.74, 6) is 0. The molecule has 1 heterocycles. The first-order chi connectivity index (χ1) is 7.88. The van der Waals surface area contributed by atoms with Crippen LogP contribution in [0.1, 0.15) is 25.6 Å². The minimum atomic E-state index is -0.465. The maximum atomic E-state index is 9.71. The van der Waals surface area contributed by atoms with Crippen LogP contribution in [0.4, 0.5) is 0 Å². The fourth-order valence-corrected chi connectivity index (χ4v) is 2.67. The Labute approximate surface area is 115 Å².